The van der Waals surface area contributed by atoms with Crippen LogP contribution in [0.5, 0.6) is 0 Å². The van der Waals surface area contributed by atoms with Crippen molar-refractivity contribution < 1.29 is 19.8 Å². The Kier molecular flexibility index (Phi) is 2.66. The minimum absolute atomic E-state index is 0.384. The number of carboxylic acids is 1. The molecule has 2 rings (SSSR count). The molecule has 1 aromatic rings. The van der Waals surface area contributed by atoms with Gasteiger partial charge in [-0.15, -0.1) is 0 Å². The van der Waals surface area contributed by atoms with Crippen molar-refractivity contribution in [3.63, 3.8) is 0 Å². The number of hydrogen-bond donors (Lipinski definition) is 2. The number of fused-ring (bicyclic) bond motifs is 1. The number of nitrogens with zero attached hydrogens (tertiary/aromatic N) is 1. The fourth-order valence-corrected chi connectivity index (χ4v) is 2.60. The van der Waals surface area contributed by atoms with Gasteiger partial charge < -0.3 is 15.1 Å². The van der Waals surface area contributed by atoms with Crippen molar-refractivity contribution in [2.45, 2.75) is 25.9 Å². The summed E-state index contributed by atoms with van der Waals surface area (Å²) in [6.45, 7) is 3.68. The monoisotopic (exact) mass is 249 g/mol. The third-order valence-electron chi connectivity index (χ3n) is 3.29. The van der Waals surface area contributed by atoms with E-state index in [1.54, 1.807) is 13.1 Å². The van der Waals surface area contributed by atoms with Crippen LogP contribution in [0.3, 0.4) is 0 Å². The first-order valence-corrected chi connectivity index (χ1v) is 5.61. The normalized spacial score (nSPS) is 22.2. The SMILES string of the molecule is Cc1cc(C)c2c(c1)C(O)(CC(=O)O)C(=O)N2C. The van der Waals surface area contributed by atoms with Gasteiger partial charge in [0.15, 0.2) is 5.60 Å². The van der Waals surface area contributed by atoms with Crippen LogP contribution in [0.4, 0.5) is 5.69 Å². The van der Waals surface area contributed by atoms with Gasteiger partial charge in [-0.2, -0.15) is 0 Å². The number of aryl methyl sites for hydroxylation is 2. The average molecular weight is 249 g/mol. The molecule has 0 bridgehead atoms. The Labute approximate surface area is 105 Å². The van der Waals surface area contributed by atoms with E-state index in [0.29, 0.717) is 11.3 Å². The quantitative estimate of drug-likeness (QED) is 0.817. The number of benzene rings is 1. The number of anilines is 1. The van der Waals surface area contributed by atoms with Gasteiger partial charge in [0.2, 0.25) is 0 Å². The van der Waals surface area contributed by atoms with E-state index in [9.17, 15) is 14.7 Å². The second-order valence-electron chi connectivity index (χ2n) is 4.77. The third-order valence-corrected chi connectivity index (χ3v) is 3.29. The average Bonchev–Trinajstić information content (AvgIpc) is 2.40. The Morgan fingerprint density at radius 1 is 1.39 bits per heavy atom. The number of carbonyl (C=O) groups excluding carboxylic acids is 1. The first-order chi connectivity index (χ1) is 8.27. The van der Waals surface area contributed by atoms with Crippen molar-refractivity contribution in [1.82, 2.24) is 0 Å². The summed E-state index contributed by atoms with van der Waals surface area (Å²) in [4.78, 5) is 24.3. The molecule has 0 radical (unpaired) electrons. The molecule has 1 unspecified atom stereocenters. The van der Waals surface area contributed by atoms with Crippen molar-refractivity contribution in [1.29, 1.82) is 0 Å². The maximum Gasteiger partial charge on any atom is 0.307 e. The van der Waals surface area contributed by atoms with Crippen LogP contribution in [0.1, 0.15) is 23.1 Å². The molecule has 0 fully saturated rings. The highest BCUT2D eigenvalue weighted by atomic mass is 16.4. The lowest BCUT2D eigenvalue weighted by Gasteiger charge is -2.19. The zero-order valence-corrected chi connectivity index (χ0v) is 10.5. The van der Waals surface area contributed by atoms with Crippen LogP contribution in [0, 0.1) is 13.8 Å². The number of aliphatic hydroxyl groups is 1. The Morgan fingerprint density at radius 3 is 2.56 bits per heavy atom. The Bertz CT molecular complexity index is 552. The molecule has 0 aromatic heterocycles. The van der Waals surface area contributed by atoms with Gasteiger partial charge in [0, 0.05) is 12.6 Å². The standard InChI is InChI=1S/C13H15NO4/c1-7-4-8(2)11-9(5-7)13(18,6-10(15)16)12(17)14(11)3/h4-5,18H,6H2,1-3H3,(H,15,16). The molecule has 1 aliphatic rings. The first kappa shape index (κ1) is 12.6. The van der Waals surface area contributed by atoms with Crippen molar-refractivity contribution in [2.75, 3.05) is 11.9 Å². The van der Waals surface area contributed by atoms with Gasteiger partial charge in [-0.3, -0.25) is 9.59 Å². The van der Waals surface area contributed by atoms with E-state index in [1.165, 1.54) is 4.90 Å². The maximum atomic E-state index is 12.1. The van der Waals surface area contributed by atoms with Gasteiger partial charge >= 0.3 is 5.97 Å². The minimum atomic E-state index is -1.95. The van der Waals surface area contributed by atoms with E-state index < -0.39 is 23.9 Å². The molecule has 1 aromatic carbocycles. The summed E-state index contributed by atoms with van der Waals surface area (Å²) >= 11 is 0. The lowest BCUT2D eigenvalue weighted by atomic mass is 9.89. The summed E-state index contributed by atoms with van der Waals surface area (Å²) in [6, 6.07) is 3.57. The zero-order chi connectivity index (χ0) is 13.7. The van der Waals surface area contributed by atoms with E-state index in [4.69, 9.17) is 5.11 Å². The number of likely N-dealkylation sites (N-methyl/N-ethyl adjacent to an activating group) is 1. The molecule has 0 saturated carbocycles. The number of aliphatic carboxylic acids is 1. The van der Waals surface area contributed by atoms with Crippen molar-refractivity contribution in [3.8, 4) is 0 Å². The van der Waals surface area contributed by atoms with E-state index in [2.05, 4.69) is 0 Å². The van der Waals surface area contributed by atoms with Gasteiger partial charge in [-0.1, -0.05) is 17.7 Å². The topological polar surface area (TPSA) is 77.8 Å². The predicted molar refractivity (Wildman–Crippen MR) is 65.5 cm³/mol. The molecule has 0 saturated heterocycles. The van der Waals surface area contributed by atoms with E-state index in [0.717, 1.165) is 11.1 Å². The van der Waals surface area contributed by atoms with Crippen molar-refractivity contribution in [2.24, 2.45) is 0 Å². The van der Waals surface area contributed by atoms with Gasteiger partial charge in [0.05, 0.1) is 12.1 Å². The van der Waals surface area contributed by atoms with Gasteiger partial charge in [-0.25, -0.2) is 0 Å². The molecule has 5 heteroatoms. The van der Waals surface area contributed by atoms with Crippen LogP contribution in [0.15, 0.2) is 12.1 Å². The number of hydrogen-bond acceptors (Lipinski definition) is 3. The molecular weight excluding hydrogens is 234 g/mol. The van der Waals surface area contributed by atoms with Crippen LogP contribution in [-0.4, -0.2) is 29.1 Å². The van der Waals surface area contributed by atoms with E-state index in [1.807, 2.05) is 19.9 Å². The molecular formula is C13H15NO4. The van der Waals surface area contributed by atoms with Crippen LogP contribution in [0.2, 0.25) is 0 Å². The lowest BCUT2D eigenvalue weighted by molar-refractivity contribution is -0.150. The van der Waals surface area contributed by atoms with Gasteiger partial charge in [0.25, 0.3) is 5.91 Å². The fraction of sp³-hybridized carbons (Fsp3) is 0.385. The molecule has 1 aliphatic heterocycles. The largest absolute Gasteiger partial charge is 0.481 e. The highest BCUT2D eigenvalue weighted by Crippen LogP contribution is 2.43. The Hall–Kier alpha value is -1.88. The fourth-order valence-electron chi connectivity index (χ4n) is 2.60. The van der Waals surface area contributed by atoms with Gasteiger partial charge in [-0.05, 0) is 19.4 Å². The number of amides is 1. The van der Waals surface area contributed by atoms with Crippen LogP contribution >= 0.6 is 0 Å². The minimum Gasteiger partial charge on any atom is -0.481 e. The molecule has 1 atom stereocenters. The Balaban J connectivity index is 2.68. The highest BCUT2D eigenvalue weighted by Gasteiger charge is 2.50. The van der Waals surface area contributed by atoms with E-state index >= 15 is 0 Å². The lowest BCUT2D eigenvalue weighted by Crippen LogP contribution is -2.40. The van der Waals surface area contributed by atoms with Crippen LogP contribution in [0.25, 0.3) is 0 Å². The smallest absolute Gasteiger partial charge is 0.307 e. The zero-order valence-electron chi connectivity index (χ0n) is 10.5. The number of carboxylic acid groups (broad SMARTS) is 1. The molecule has 1 amide bonds. The summed E-state index contributed by atoms with van der Waals surface area (Å²) in [5.74, 6) is -1.79. The predicted octanol–water partition coefficient (Wildman–Crippen LogP) is 0.942. The van der Waals surface area contributed by atoms with Crippen LogP contribution in [-0.2, 0) is 15.2 Å². The third kappa shape index (κ3) is 1.59. The molecule has 5 nitrogen and oxygen atoms in total. The summed E-state index contributed by atoms with van der Waals surface area (Å²) < 4.78 is 0. The molecule has 18 heavy (non-hydrogen) atoms. The van der Waals surface area contributed by atoms with Crippen molar-refractivity contribution >= 4 is 17.6 Å². The molecule has 96 valence electrons. The summed E-state index contributed by atoms with van der Waals surface area (Å²) in [5, 5.41) is 19.3. The first-order valence-electron chi connectivity index (χ1n) is 5.61. The highest BCUT2D eigenvalue weighted by molar-refractivity contribution is 6.08. The second kappa shape index (κ2) is 3.81. The number of rotatable bonds is 2. The molecule has 0 aliphatic carbocycles. The molecule has 0 spiro atoms. The van der Waals surface area contributed by atoms with Crippen molar-refractivity contribution in [3.05, 3.63) is 28.8 Å². The maximum absolute atomic E-state index is 12.1. The summed E-state index contributed by atoms with van der Waals surface area (Å²) in [6.07, 6.45) is -0.619. The molecule has 1 heterocycles. The molecule has 2 N–H and O–H groups in total. The van der Waals surface area contributed by atoms with Gasteiger partial charge in [0.1, 0.15) is 0 Å². The number of carbonyl (C=O) groups is 2. The van der Waals surface area contributed by atoms with Crippen LogP contribution < -0.4 is 4.90 Å². The second-order valence-corrected chi connectivity index (χ2v) is 4.77. The summed E-state index contributed by atoms with van der Waals surface area (Å²) in [5.41, 5.74) is 0.775. The Morgan fingerprint density at radius 2 is 2.00 bits per heavy atom. The summed E-state index contributed by atoms with van der Waals surface area (Å²) in [7, 11) is 1.54. The van der Waals surface area contributed by atoms with E-state index in [-0.39, 0.29) is 0 Å².